The Hall–Kier alpha value is -0.0800. The van der Waals surface area contributed by atoms with Crippen molar-refractivity contribution in [3.05, 3.63) is 0 Å². The Balaban J connectivity index is 2.47. The van der Waals surface area contributed by atoms with Crippen LogP contribution in [0.15, 0.2) is 0 Å². The van der Waals surface area contributed by atoms with Crippen molar-refractivity contribution >= 4 is 0 Å². The van der Waals surface area contributed by atoms with Gasteiger partial charge in [0, 0.05) is 19.1 Å². The van der Waals surface area contributed by atoms with Crippen LogP contribution in [-0.2, 0) is 0 Å². The van der Waals surface area contributed by atoms with Gasteiger partial charge in [-0.05, 0) is 32.2 Å². The first-order valence-electron chi connectivity index (χ1n) is 5.13. The van der Waals surface area contributed by atoms with E-state index in [1.54, 1.807) is 0 Å². The molecule has 2 heteroatoms. The van der Waals surface area contributed by atoms with Crippen LogP contribution in [0.5, 0.6) is 0 Å². The summed E-state index contributed by atoms with van der Waals surface area (Å²) >= 11 is 0. The minimum absolute atomic E-state index is 0.690. The fourth-order valence-electron chi connectivity index (χ4n) is 2.13. The Morgan fingerprint density at radius 2 is 1.92 bits per heavy atom. The molecule has 0 aromatic rings. The first kappa shape index (κ1) is 10.0. The van der Waals surface area contributed by atoms with Gasteiger partial charge < -0.3 is 10.6 Å². The normalized spacial score (nSPS) is 31.8. The predicted molar refractivity (Wildman–Crippen MR) is 53.0 cm³/mol. The van der Waals surface area contributed by atoms with Gasteiger partial charge in [-0.3, -0.25) is 0 Å². The predicted octanol–water partition coefficient (Wildman–Crippen LogP) is 1.31. The molecule has 1 aliphatic rings. The monoisotopic (exact) mass is 170 g/mol. The van der Waals surface area contributed by atoms with Gasteiger partial charge in [-0.2, -0.15) is 0 Å². The van der Waals surface area contributed by atoms with Crippen molar-refractivity contribution in [2.24, 2.45) is 17.6 Å². The van der Waals surface area contributed by atoms with Crippen molar-refractivity contribution in [1.29, 1.82) is 0 Å². The van der Waals surface area contributed by atoms with Crippen LogP contribution in [0.25, 0.3) is 0 Å². The van der Waals surface area contributed by atoms with Gasteiger partial charge in [0.15, 0.2) is 0 Å². The molecule has 0 spiro atoms. The number of nitrogens with two attached hydrogens (primary N) is 1. The summed E-state index contributed by atoms with van der Waals surface area (Å²) in [4.78, 5) is 2.55. The van der Waals surface area contributed by atoms with Gasteiger partial charge in [-0.1, -0.05) is 13.3 Å². The van der Waals surface area contributed by atoms with Gasteiger partial charge in [0.2, 0.25) is 0 Å². The molecule has 1 rings (SSSR count). The molecule has 1 saturated heterocycles. The second-order valence-corrected chi connectivity index (χ2v) is 4.21. The van der Waals surface area contributed by atoms with Crippen LogP contribution in [-0.4, -0.2) is 30.6 Å². The van der Waals surface area contributed by atoms with E-state index in [0.717, 1.165) is 18.4 Å². The molecule has 0 bridgehead atoms. The third-order valence-corrected chi connectivity index (χ3v) is 3.16. The summed E-state index contributed by atoms with van der Waals surface area (Å²) in [5.74, 6) is 1.59. The highest BCUT2D eigenvalue weighted by Crippen LogP contribution is 2.26. The summed E-state index contributed by atoms with van der Waals surface area (Å²) in [5.41, 5.74) is 5.74. The molecule has 0 saturated carbocycles. The largest absolute Gasteiger partial charge is 0.330 e. The molecule has 0 amide bonds. The summed E-state index contributed by atoms with van der Waals surface area (Å²) in [7, 11) is 0. The Kier molecular flexibility index (Phi) is 3.53. The maximum absolute atomic E-state index is 5.74. The van der Waals surface area contributed by atoms with Crippen molar-refractivity contribution in [2.45, 2.75) is 33.2 Å². The molecule has 0 aromatic heterocycles. The smallest absolute Gasteiger partial charge is 0.00388 e. The van der Waals surface area contributed by atoms with Crippen molar-refractivity contribution in [1.82, 2.24) is 4.90 Å². The van der Waals surface area contributed by atoms with E-state index in [4.69, 9.17) is 5.73 Å². The average Bonchev–Trinajstić information content (AvgIpc) is 2.46. The number of rotatable bonds is 3. The zero-order chi connectivity index (χ0) is 9.14. The first-order valence-corrected chi connectivity index (χ1v) is 5.13. The Morgan fingerprint density at radius 1 is 1.33 bits per heavy atom. The van der Waals surface area contributed by atoms with Gasteiger partial charge in [-0.15, -0.1) is 0 Å². The molecular weight excluding hydrogens is 148 g/mol. The zero-order valence-corrected chi connectivity index (χ0v) is 8.59. The van der Waals surface area contributed by atoms with E-state index in [1.807, 2.05) is 0 Å². The van der Waals surface area contributed by atoms with Crippen LogP contribution in [0.1, 0.15) is 27.2 Å². The molecular formula is C10H22N2. The van der Waals surface area contributed by atoms with Crippen LogP contribution in [0.2, 0.25) is 0 Å². The highest BCUT2D eigenvalue weighted by atomic mass is 15.2. The van der Waals surface area contributed by atoms with Crippen molar-refractivity contribution in [3.8, 4) is 0 Å². The molecule has 0 aliphatic carbocycles. The summed E-state index contributed by atoms with van der Waals surface area (Å²) in [6.07, 6.45) is 1.28. The van der Waals surface area contributed by atoms with E-state index in [1.165, 1.54) is 19.5 Å². The highest BCUT2D eigenvalue weighted by Gasteiger charge is 2.31. The van der Waals surface area contributed by atoms with E-state index in [0.29, 0.717) is 6.04 Å². The lowest BCUT2D eigenvalue weighted by atomic mass is 9.94. The van der Waals surface area contributed by atoms with Crippen LogP contribution in [0.3, 0.4) is 0 Å². The molecule has 1 fully saturated rings. The third-order valence-electron chi connectivity index (χ3n) is 3.16. The molecule has 0 aromatic carbocycles. The summed E-state index contributed by atoms with van der Waals surface area (Å²) in [6.45, 7) is 10.2. The Bertz CT molecular complexity index is 122. The van der Waals surface area contributed by atoms with Crippen molar-refractivity contribution < 1.29 is 0 Å². The zero-order valence-electron chi connectivity index (χ0n) is 8.59. The quantitative estimate of drug-likeness (QED) is 0.692. The molecule has 72 valence electrons. The Morgan fingerprint density at radius 3 is 2.25 bits per heavy atom. The van der Waals surface area contributed by atoms with E-state index in [9.17, 15) is 0 Å². The first-order chi connectivity index (χ1) is 5.69. The van der Waals surface area contributed by atoms with Crippen LogP contribution < -0.4 is 5.73 Å². The second kappa shape index (κ2) is 4.24. The lowest BCUT2D eigenvalue weighted by Crippen LogP contribution is -2.29. The standard InChI is InChI=1S/C10H22N2/c1-4-9-6-12(8(2)3)7-10(9)5-11/h8-10H,4-7,11H2,1-3H3/t9-,10-/m1/s1. The molecule has 12 heavy (non-hydrogen) atoms. The van der Waals surface area contributed by atoms with E-state index in [2.05, 4.69) is 25.7 Å². The van der Waals surface area contributed by atoms with Crippen LogP contribution >= 0.6 is 0 Å². The fraction of sp³-hybridized carbons (Fsp3) is 1.00. The van der Waals surface area contributed by atoms with E-state index < -0.39 is 0 Å². The third kappa shape index (κ3) is 1.99. The number of likely N-dealkylation sites (tertiary alicyclic amines) is 1. The molecule has 0 radical (unpaired) electrons. The minimum atomic E-state index is 0.690. The van der Waals surface area contributed by atoms with Gasteiger partial charge in [0.1, 0.15) is 0 Å². The lowest BCUT2D eigenvalue weighted by Gasteiger charge is -2.19. The maximum Gasteiger partial charge on any atom is 0.00388 e. The van der Waals surface area contributed by atoms with Crippen molar-refractivity contribution in [3.63, 3.8) is 0 Å². The Labute approximate surface area is 76.1 Å². The van der Waals surface area contributed by atoms with Gasteiger partial charge in [-0.25, -0.2) is 0 Å². The van der Waals surface area contributed by atoms with Crippen molar-refractivity contribution in [2.75, 3.05) is 19.6 Å². The number of hydrogen-bond acceptors (Lipinski definition) is 2. The van der Waals surface area contributed by atoms with Gasteiger partial charge in [0.05, 0.1) is 0 Å². The summed E-state index contributed by atoms with van der Waals surface area (Å²) in [5, 5.41) is 0. The SMILES string of the molecule is CC[C@@H]1CN(C(C)C)C[C@H]1CN. The maximum atomic E-state index is 5.74. The summed E-state index contributed by atoms with van der Waals surface area (Å²) in [6, 6.07) is 0.690. The molecule has 2 N–H and O–H groups in total. The lowest BCUT2D eigenvalue weighted by molar-refractivity contribution is 0.261. The molecule has 0 unspecified atom stereocenters. The van der Waals surface area contributed by atoms with Crippen LogP contribution in [0, 0.1) is 11.8 Å². The summed E-state index contributed by atoms with van der Waals surface area (Å²) < 4.78 is 0. The minimum Gasteiger partial charge on any atom is -0.330 e. The molecule has 1 aliphatic heterocycles. The van der Waals surface area contributed by atoms with E-state index in [-0.39, 0.29) is 0 Å². The van der Waals surface area contributed by atoms with Crippen LogP contribution in [0.4, 0.5) is 0 Å². The molecule has 2 atom stereocenters. The fourth-order valence-corrected chi connectivity index (χ4v) is 2.13. The van der Waals surface area contributed by atoms with Gasteiger partial charge >= 0.3 is 0 Å². The topological polar surface area (TPSA) is 29.3 Å². The average molecular weight is 170 g/mol. The molecule has 1 heterocycles. The second-order valence-electron chi connectivity index (χ2n) is 4.21. The van der Waals surface area contributed by atoms with Gasteiger partial charge in [0.25, 0.3) is 0 Å². The molecule has 2 nitrogen and oxygen atoms in total. The highest BCUT2D eigenvalue weighted by molar-refractivity contribution is 4.85. The number of nitrogens with zero attached hydrogens (tertiary/aromatic N) is 1. The van der Waals surface area contributed by atoms with E-state index >= 15 is 0 Å². The number of hydrogen-bond donors (Lipinski definition) is 1.